The van der Waals surface area contributed by atoms with Crippen LogP contribution in [-0.4, -0.2) is 30.1 Å². The van der Waals surface area contributed by atoms with Gasteiger partial charge in [0.1, 0.15) is 11.5 Å². The zero-order chi connectivity index (χ0) is 30.1. The van der Waals surface area contributed by atoms with Crippen LogP contribution in [0.1, 0.15) is 52.7 Å². The molecule has 0 unspecified atom stereocenters. The number of fused-ring (bicyclic) bond motifs is 6. The van der Waals surface area contributed by atoms with Gasteiger partial charge in [0.05, 0.1) is 22.1 Å². The van der Waals surface area contributed by atoms with Gasteiger partial charge in [0.25, 0.3) is 0 Å². The third-order valence-electron chi connectivity index (χ3n) is 7.20. The minimum absolute atomic E-state index is 0. The topological polar surface area (TPSA) is 92.0 Å². The summed E-state index contributed by atoms with van der Waals surface area (Å²) in [6, 6.07) is 22.9. The first-order valence-corrected chi connectivity index (χ1v) is 14.0. The first-order valence-electron chi connectivity index (χ1n) is 14.0. The number of phenols is 2. The summed E-state index contributed by atoms with van der Waals surface area (Å²) >= 11 is 0. The van der Waals surface area contributed by atoms with Crippen LogP contribution in [0.4, 0.5) is 0 Å². The van der Waals surface area contributed by atoms with Crippen LogP contribution in [0.5, 0.6) is 11.5 Å². The number of para-hydroxylation sites is 4. The van der Waals surface area contributed by atoms with Gasteiger partial charge in [-0.15, -0.1) is 0 Å². The molecule has 2 N–H and O–H groups in total. The first-order chi connectivity index (χ1) is 19.9. The molecule has 0 amide bonds. The molecule has 6 nitrogen and oxygen atoms in total. The molecule has 4 aromatic carbocycles. The van der Waals surface area contributed by atoms with Crippen molar-refractivity contribution in [2.24, 2.45) is 0 Å². The van der Waals surface area contributed by atoms with Crippen molar-refractivity contribution in [2.45, 2.75) is 52.4 Å². The maximum atomic E-state index is 11.3. The van der Waals surface area contributed by atoms with Gasteiger partial charge in [-0.05, 0) is 70.5 Å². The van der Waals surface area contributed by atoms with Crippen LogP contribution in [0.2, 0.25) is 0 Å². The van der Waals surface area contributed by atoms with Gasteiger partial charge in [0.15, 0.2) is 0 Å². The summed E-state index contributed by atoms with van der Waals surface area (Å²) in [5.41, 5.74) is 4.28. The molecule has 44 heavy (non-hydrogen) atoms. The average molecular weight is 684 g/mol. The molecule has 1 aromatic heterocycles. The molecular formula is C36H36Cu2N4O2. The van der Waals surface area contributed by atoms with Gasteiger partial charge < -0.3 is 10.2 Å². The van der Waals surface area contributed by atoms with Crippen LogP contribution in [0.3, 0.4) is 0 Å². The van der Waals surface area contributed by atoms with E-state index in [2.05, 4.69) is 41.5 Å². The Labute approximate surface area is 279 Å². The van der Waals surface area contributed by atoms with Gasteiger partial charge in [0, 0.05) is 80.5 Å². The Morgan fingerprint density at radius 1 is 0.432 bits per heavy atom. The second-order valence-corrected chi connectivity index (χ2v) is 12.5. The second kappa shape index (κ2) is 13.9. The SMILES string of the molecule is CC(C)(C)c1cc2cnc3ccccc3ncc3cc(C(C)(C)C)cc(cnc4ccccc4ncc(c1)c2O)c3O.[Cu].[Cu]. The summed E-state index contributed by atoms with van der Waals surface area (Å²) in [7, 11) is 0. The number of rotatable bonds is 0. The smallest absolute Gasteiger partial charge is 0.133 e. The fraction of sp³-hybridized carbons (Fsp3) is 0.222. The van der Waals surface area contributed by atoms with Crippen molar-refractivity contribution in [3.05, 3.63) is 109 Å². The van der Waals surface area contributed by atoms with E-state index in [9.17, 15) is 10.2 Å². The van der Waals surface area contributed by atoms with E-state index in [4.69, 9.17) is 19.9 Å². The number of benzene rings is 4. The largest absolute Gasteiger partial charge is 0.507 e. The number of hydrogen-bond donors (Lipinski definition) is 2. The molecule has 1 heterocycles. The number of nitrogens with zero attached hydrogens (tertiary/aromatic N) is 4. The Balaban J connectivity index is 0.00000264. The predicted octanol–water partition coefficient (Wildman–Crippen LogP) is 8.69. The molecule has 0 atom stereocenters. The Morgan fingerprint density at radius 2 is 0.659 bits per heavy atom. The summed E-state index contributed by atoms with van der Waals surface area (Å²) in [6.07, 6.45) is 6.64. The van der Waals surface area contributed by atoms with Crippen LogP contribution >= 0.6 is 0 Å². The zero-order valence-electron chi connectivity index (χ0n) is 25.5. The monoisotopic (exact) mass is 682 g/mol. The van der Waals surface area contributed by atoms with E-state index in [0.29, 0.717) is 43.6 Å². The fourth-order valence-electron chi connectivity index (χ4n) is 4.54. The van der Waals surface area contributed by atoms with E-state index in [0.717, 1.165) is 11.1 Å². The maximum Gasteiger partial charge on any atom is 0.133 e. The maximum absolute atomic E-state index is 11.3. The number of aromatic nitrogens is 4. The van der Waals surface area contributed by atoms with Crippen LogP contribution in [0.25, 0.3) is 43.6 Å². The number of aromatic hydroxyl groups is 2. The third kappa shape index (κ3) is 7.82. The van der Waals surface area contributed by atoms with Crippen LogP contribution < -0.4 is 0 Å². The van der Waals surface area contributed by atoms with E-state index in [1.165, 1.54) is 0 Å². The van der Waals surface area contributed by atoms with E-state index >= 15 is 0 Å². The van der Waals surface area contributed by atoms with Gasteiger partial charge >= 0.3 is 0 Å². The van der Waals surface area contributed by atoms with E-state index in [-0.39, 0.29) is 56.5 Å². The minimum Gasteiger partial charge on any atom is -0.507 e. The molecule has 0 fully saturated rings. The summed E-state index contributed by atoms with van der Waals surface area (Å²) in [6.45, 7) is 12.8. The minimum atomic E-state index is -0.166. The molecular weight excluding hydrogens is 648 g/mol. The van der Waals surface area contributed by atoms with Gasteiger partial charge in [0.2, 0.25) is 0 Å². The summed E-state index contributed by atoms with van der Waals surface area (Å²) in [5, 5.41) is 24.8. The van der Waals surface area contributed by atoms with Gasteiger partial charge in [-0.2, -0.15) is 0 Å². The molecule has 0 spiro atoms. The van der Waals surface area contributed by atoms with Gasteiger partial charge in [-0.1, -0.05) is 65.8 Å². The molecule has 2 radical (unpaired) electrons. The summed E-state index contributed by atoms with van der Waals surface area (Å²) < 4.78 is 0. The molecule has 0 aliphatic carbocycles. The predicted molar refractivity (Wildman–Crippen MR) is 172 cm³/mol. The van der Waals surface area contributed by atoms with Crippen molar-refractivity contribution in [1.29, 1.82) is 0 Å². The Morgan fingerprint density at radius 3 is 0.864 bits per heavy atom. The molecule has 5 rings (SSSR count). The number of hydrogen-bond acceptors (Lipinski definition) is 6. The second-order valence-electron chi connectivity index (χ2n) is 12.5. The van der Waals surface area contributed by atoms with Gasteiger partial charge in [-0.25, -0.2) is 0 Å². The Kier molecular flexibility index (Phi) is 10.9. The van der Waals surface area contributed by atoms with Crippen molar-refractivity contribution in [3.63, 3.8) is 0 Å². The summed E-state index contributed by atoms with van der Waals surface area (Å²) in [4.78, 5) is 18.9. The van der Waals surface area contributed by atoms with Crippen molar-refractivity contribution in [1.82, 2.24) is 19.9 Å². The molecule has 0 saturated carbocycles. The normalized spacial score (nSPS) is 11.2. The van der Waals surface area contributed by atoms with Crippen LogP contribution in [0.15, 0.2) is 97.6 Å². The van der Waals surface area contributed by atoms with E-state index < -0.39 is 0 Å². The van der Waals surface area contributed by atoms with Crippen LogP contribution in [0, 0.1) is 0 Å². The zero-order valence-corrected chi connectivity index (χ0v) is 27.4. The van der Waals surface area contributed by atoms with Crippen molar-refractivity contribution in [3.8, 4) is 11.5 Å². The average Bonchev–Trinajstić information content (AvgIpc) is 2.94. The Hall–Kier alpha value is -3.80. The van der Waals surface area contributed by atoms with Crippen molar-refractivity contribution < 1.29 is 44.4 Å². The molecule has 5 aromatic rings. The first kappa shape index (κ1) is 34.7. The van der Waals surface area contributed by atoms with Gasteiger partial charge in [-0.3, -0.25) is 19.9 Å². The van der Waals surface area contributed by atoms with E-state index in [1.54, 1.807) is 24.8 Å². The summed E-state index contributed by atoms with van der Waals surface area (Å²) in [5.74, 6) is 0.182. The molecule has 234 valence electrons. The molecule has 4 bridgehead atoms. The van der Waals surface area contributed by atoms with E-state index in [1.807, 2.05) is 72.8 Å². The quantitative estimate of drug-likeness (QED) is 0.159. The molecule has 0 aliphatic heterocycles. The third-order valence-corrected chi connectivity index (χ3v) is 7.20. The fourth-order valence-corrected chi connectivity index (χ4v) is 4.54. The van der Waals surface area contributed by atoms with Crippen molar-refractivity contribution in [2.75, 3.05) is 0 Å². The van der Waals surface area contributed by atoms with Crippen molar-refractivity contribution >= 4 is 43.6 Å². The number of phenolic OH excluding ortho intramolecular Hbond substituents is 2. The molecule has 0 saturated heterocycles. The standard InChI is InChI=1S/C36H36N4O2.2Cu/c1-35(2,3)27-15-23-19-37-29-11-7-9-13-31(29)39-21-25-17-28(36(4,5)6)18-26(34(25)42)22-40-32-14-10-8-12-30(32)38-20-24(16-27)33(23)41;;/h7-22,41-42H,1-6H3;;. The Bertz CT molecular complexity index is 1730. The van der Waals surface area contributed by atoms with Crippen LogP contribution in [-0.2, 0) is 45.0 Å². The molecule has 8 heteroatoms. The molecule has 0 aliphatic rings.